The van der Waals surface area contributed by atoms with Crippen molar-refractivity contribution < 1.29 is 4.74 Å². The van der Waals surface area contributed by atoms with Crippen molar-refractivity contribution in [2.75, 3.05) is 33.4 Å². The van der Waals surface area contributed by atoms with Crippen LogP contribution < -0.4 is 5.73 Å². The zero-order valence-corrected chi connectivity index (χ0v) is 13.6. The zero-order chi connectivity index (χ0) is 14.4. The van der Waals surface area contributed by atoms with Crippen molar-refractivity contribution in [2.45, 2.75) is 63.8 Å². The predicted molar refractivity (Wildman–Crippen MR) is 84.8 cm³/mol. The van der Waals surface area contributed by atoms with E-state index in [4.69, 9.17) is 10.5 Å². The number of nitrogens with zero attached hydrogens (tertiary/aromatic N) is 1. The highest BCUT2D eigenvalue weighted by atomic mass is 16.5. The molecule has 1 saturated carbocycles. The Labute approximate surface area is 125 Å². The van der Waals surface area contributed by atoms with Crippen LogP contribution in [0.3, 0.4) is 0 Å². The van der Waals surface area contributed by atoms with Gasteiger partial charge in [0.1, 0.15) is 0 Å². The molecule has 0 bridgehead atoms. The van der Waals surface area contributed by atoms with Crippen molar-refractivity contribution >= 4 is 0 Å². The summed E-state index contributed by atoms with van der Waals surface area (Å²) in [6.45, 7) is 6.22. The molecule has 3 nitrogen and oxygen atoms in total. The van der Waals surface area contributed by atoms with Gasteiger partial charge in [0.05, 0.1) is 6.61 Å². The van der Waals surface area contributed by atoms with Gasteiger partial charge in [-0.05, 0) is 51.0 Å². The largest absolute Gasteiger partial charge is 0.381 e. The molecule has 3 atom stereocenters. The Morgan fingerprint density at radius 3 is 2.60 bits per heavy atom. The Hall–Kier alpha value is -0.120. The van der Waals surface area contributed by atoms with Gasteiger partial charge in [-0.25, -0.2) is 0 Å². The van der Waals surface area contributed by atoms with E-state index in [0.717, 1.165) is 32.2 Å². The highest BCUT2D eigenvalue weighted by Gasteiger charge is 2.36. The van der Waals surface area contributed by atoms with E-state index in [-0.39, 0.29) is 5.54 Å². The number of rotatable bonds is 5. The molecule has 0 amide bonds. The maximum Gasteiger partial charge on any atom is 0.0506 e. The lowest BCUT2D eigenvalue weighted by molar-refractivity contribution is 0.0161. The molecule has 118 valence electrons. The third-order valence-electron chi connectivity index (χ3n) is 5.83. The normalized spacial score (nSPS) is 36.0. The number of ether oxygens (including phenoxy) is 1. The Kier molecular flexibility index (Phi) is 6.31. The molecule has 20 heavy (non-hydrogen) atoms. The molecule has 2 rings (SSSR count). The van der Waals surface area contributed by atoms with Gasteiger partial charge in [-0.1, -0.05) is 26.2 Å². The van der Waals surface area contributed by atoms with E-state index in [9.17, 15) is 0 Å². The number of hydrogen-bond acceptors (Lipinski definition) is 3. The average Bonchev–Trinajstić information content (AvgIpc) is 2.71. The van der Waals surface area contributed by atoms with Crippen molar-refractivity contribution in [3.05, 3.63) is 0 Å². The van der Waals surface area contributed by atoms with Crippen LogP contribution in [-0.2, 0) is 4.74 Å². The molecular weight excluding hydrogens is 248 g/mol. The van der Waals surface area contributed by atoms with Crippen LogP contribution in [0.15, 0.2) is 0 Å². The molecular formula is C17H34N2O. The molecule has 0 spiro atoms. The standard InChI is InChI=1S/C17H34N2O/c1-3-15-6-4-9-17(14-18,10-8-15)19(2)12-16-7-5-11-20-13-16/h15-16H,3-14,18H2,1-2H3. The monoisotopic (exact) mass is 282 g/mol. The van der Waals surface area contributed by atoms with Crippen molar-refractivity contribution in [1.29, 1.82) is 0 Å². The molecule has 0 aromatic heterocycles. The van der Waals surface area contributed by atoms with Gasteiger partial charge in [-0.15, -0.1) is 0 Å². The summed E-state index contributed by atoms with van der Waals surface area (Å²) in [4.78, 5) is 2.59. The molecule has 3 heteroatoms. The van der Waals surface area contributed by atoms with E-state index >= 15 is 0 Å². The van der Waals surface area contributed by atoms with Gasteiger partial charge in [0.25, 0.3) is 0 Å². The topological polar surface area (TPSA) is 38.5 Å². The number of likely N-dealkylation sites (N-methyl/N-ethyl adjacent to an activating group) is 1. The summed E-state index contributed by atoms with van der Waals surface area (Å²) in [7, 11) is 2.30. The summed E-state index contributed by atoms with van der Waals surface area (Å²) in [5.74, 6) is 1.64. The number of nitrogens with two attached hydrogens (primary N) is 1. The third-order valence-corrected chi connectivity index (χ3v) is 5.83. The van der Waals surface area contributed by atoms with Crippen molar-refractivity contribution in [2.24, 2.45) is 17.6 Å². The van der Waals surface area contributed by atoms with Gasteiger partial charge < -0.3 is 10.5 Å². The quantitative estimate of drug-likeness (QED) is 0.788. The second-order valence-electron chi connectivity index (χ2n) is 7.10. The summed E-state index contributed by atoms with van der Waals surface area (Å²) in [5.41, 5.74) is 6.48. The SMILES string of the molecule is CCC1CCCC(CN)(N(C)CC2CCCOC2)CC1. The van der Waals surface area contributed by atoms with Crippen LogP contribution in [0.25, 0.3) is 0 Å². The van der Waals surface area contributed by atoms with Crippen molar-refractivity contribution in [1.82, 2.24) is 4.90 Å². The average molecular weight is 282 g/mol. The summed E-state index contributed by atoms with van der Waals surface area (Å²) >= 11 is 0. The zero-order valence-electron chi connectivity index (χ0n) is 13.6. The molecule has 1 aliphatic heterocycles. The van der Waals surface area contributed by atoms with E-state index < -0.39 is 0 Å². The Balaban J connectivity index is 1.93. The van der Waals surface area contributed by atoms with Crippen molar-refractivity contribution in [3.8, 4) is 0 Å². The first-order valence-electron chi connectivity index (χ1n) is 8.69. The van der Waals surface area contributed by atoms with E-state index in [2.05, 4.69) is 18.9 Å². The van der Waals surface area contributed by atoms with Gasteiger partial charge in [0, 0.05) is 25.2 Å². The molecule has 1 heterocycles. The van der Waals surface area contributed by atoms with E-state index in [1.807, 2.05) is 0 Å². The first kappa shape index (κ1) is 16.3. The maximum atomic E-state index is 6.23. The van der Waals surface area contributed by atoms with E-state index in [0.29, 0.717) is 5.92 Å². The fourth-order valence-corrected chi connectivity index (χ4v) is 4.14. The molecule has 2 aliphatic rings. The van der Waals surface area contributed by atoms with Crippen LogP contribution in [0.4, 0.5) is 0 Å². The minimum Gasteiger partial charge on any atom is -0.381 e. The summed E-state index contributed by atoms with van der Waals surface area (Å²) in [6.07, 6.45) is 10.6. The lowest BCUT2D eigenvalue weighted by Crippen LogP contribution is -2.53. The van der Waals surface area contributed by atoms with E-state index in [1.54, 1.807) is 0 Å². The van der Waals surface area contributed by atoms with Crippen molar-refractivity contribution in [3.63, 3.8) is 0 Å². The highest BCUT2D eigenvalue weighted by molar-refractivity contribution is 4.93. The molecule has 0 radical (unpaired) electrons. The highest BCUT2D eigenvalue weighted by Crippen LogP contribution is 2.35. The lowest BCUT2D eigenvalue weighted by Gasteiger charge is -2.43. The van der Waals surface area contributed by atoms with Crippen LogP contribution in [0.1, 0.15) is 58.3 Å². The molecule has 1 saturated heterocycles. The minimum atomic E-state index is 0.251. The second-order valence-corrected chi connectivity index (χ2v) is 7.10. The summed E-state index contributed by atoms with van der Waals surface area (Å²) in [5, 5.41) is 0. The predicted octanol–water partition coefficient (Wildman–Crippen LogP) is 3.03. The second kappa shape index (κ2) is 7.77. The molecule has 0 aromatic rings. The number of hydrogen-bond donors (Lipinski definition) is 1. The Morgan fingerprint density at radius 1 is 1.15 bits per heavy atom. The van der Waals surface area contributed by atoms with Crippen LogP contribution in [0.2, 0.25) is 0 Å². The lowest BCUT2D eigenvalue weighted by atomic mass is 9.86. The third kappa shape index (κ3) is 3.96. The van der Waals surface area contributed by atoms with Gasteiger partial charge in [-0.2, -0.15) is 0 Å². The molecule has 3 unspecified atom stereocenters. The Morgan fingerprint density at radius 2 is 1.95 bits per heavy atom. The van der Waals surface area contributed by atoms with E-state index in [1.165, 1.54) is 51.4 Å². The maximum absolute atomic E-state index is 6.23. The summed E-state index contributed by atoms with van der Waals surface area (Å²) in [6, 6.07) is 0. The Bertz CT molecular complexity index is 278. The van der Waals surface area contributed by atoms with Crippen LogP contribution >= 0.6 is 0 Å². The molecule has 0 aromatic carbocycles. The smallest absolute Gasteiger partial charge is 0.0506 e. The first-order valence-corrected chi connectivity index (χ1v) is 8.69. The van der Waals surface area contributed by atoms with Crippen LogP contribution in [0.5, 0.6) is 0 Å². The minimum absolute atomic E-state index is 0.251. The van der Waals surface area contributed by atoms with Gasteiger partial charge in [0.2, 0.25) is 0 Å². The van der Waals surface area contributed by atoms with Gasteiger partial charge in [-0.3, -0.25) is 4.90 Å². The first-order chi connectivity index (χ1) is 9.70. The molecule has 2 N–H and O–H groups in total. The van der Waals surface area contributed by atoms with Gasteiger partial charge >= 0.3 is 0 Å². The van der Waals surface area contributed by atoms with Gasteiger partial charge in [0.15, 0.2) is 0 Å². The summed E-state index contributed by atoms with van der Waals surface area (Å²) < 4.78 is 5.64. The fourth-order valence-electron chi connectivity index (χ4n) is 4.14. The fraction of sp³-hybridized carbons (Fsp3) is 1.00. The molecule has 2 fully saturated rings. The molecule has 1 aliphatic carbocycles. The van der Waals surface area contributed by atoms with Crippen LogP contribution in [-0.4, -0.2) is 43.8 Å². The van der Waals surface area contributed by atoms with Crippen LogP contribution in [0, 0.1) is 11.8 Å².